The number of carbonyl (C=O) groups excluding carboxylic acids is 2. The van der Waals surface area contributed by atoms with Crippen LogP contribution in [0, 0.1) is 6.92 Å². The van der Waals surface area contributed by atoms with E-state index >= 15 is 0 Å². The number of hydrogen-bond acceptors (Lipinski definition) is 7. The average molecular weight is 355 g/mol. The maximum Gasteiger partial charge on any atom is 0.343 e. The van der Waals surface area contributed by atoms with Crippen molar-refractivity contribution in [2.75, 3.05) is 19.5 Å². The van der Waals surface area contributed by atoms with Gasteiger partial charge in [0.15, 0.2) is 11.5 Å². The molecule has 3 aromatic rings. The molecule has 3 aromatic heterocycles. The average Bonchev–Trinajstić information content (AvgIpc) is 3.01. The van der Waals surface area contributed by atoms with E-state index in [1.54, 1.807) is 35.8 Å². The molecule has 3 heterocycles. The van der Waals surface area contributed by atoms with Crippen LogP contribution in [0.2, 0.25) is 0 Å². The maximum absolute atomic E-state index is 12.0. The summed E-state index contributed by atoms with van der Waals surface area (Å²) >= 11 is 0. The summed E-state index contributed by atoms with van der Waals surface area (Å²) in [5.41, 5.74) is 2.67. The number of nitrogens with zero attached hydrogens (tertiary/aromatic N) is 4. The highest BCUT2D eigenvalue weighted by Crippen LogP contribution is 2.27. The van der Waals surface area contributed by atoms with Crippen LogP contribution in [-0.2, 0) is 9.53 Å². The monoisotopic (exact) mass is 355 g/mol. The lowest BCUT2D eigenvalue weighted by Gasteiger charge is -2.11. The summed E-state index contributed by atoms with van der Waals surface area (Å²) in [5.74, 6) is -0.171. The zero-order chi connectivity index (χ0) is 18.8. The van der Waals surface area contributed by atoms with Crippen LogP contribution in [-0.4, -0.2) is 45.7 Å². The largest absolute Gasteiger partial charge is 0.480 e. The summed E-state index contributed by atoms with van der Waals surface area (Å²) in [7, 11) is 2.73. The molecule has 0 atom stereocenters. The van der Waals surface area contributed by atoms with Gasteiger partial charge in [-0.3, -0.25) is 4.79 Å². The van der Waals surface area contributed by atoms with Crippen LogP contribution < -0.4 is 10.1 Å². The Labute approximate surface area is 149 Å². The zero-order valence-corrected chi connectivity index (χ0v) is 14.7. The van der Waals surface area contributed by atoms with Gasteiger partial charge in [0, 0.05) is 12.5 Å². The van der Waals surface area contributed by atoms with E-state index in [0.29, 0.717) is 28.4 Å². The first-order chi connectivity index (χ1) is 12.4. The van der Waals surface area contributed by atoms with Gasteiger partial charge in [0.25, 0.3) is 0 Å². The highest BCUT2D eigenvalue weighted by molar-refractivity contribution is 5.93. The summed E-state index contributed by atoms with van der Waals surface area (Å²) in [6, 6.07) is 5.15. The van der Waals surface area contributed by atoms with Crippen LogP contribution in [0.15, 0.2) is 24.4 Å². The Morgan fingerprint density at radius 3 is 2.62 bits per heavy atom. The molecular weight excluding hydrogens is 338 g/mol. The van der Waals surface area contributed by atoms with Gasteiger partial charge in [0.2, 0.25) is 11.8 Å². The molecule has 0 radical (unpaired) electrons. The molecule has 0 spiro atoms. The van der Waals surface area contributed by atoms with Crippen LogP contribution in [0.3, 0.4) is 0 Å². The molecule has 3 rings (SSSR count). The van der Waals surface area contributed by atoms with Gasteiger partial charge >= 0.3 is 5.97 Å². The normalized spacial score (nSPS) is 10.6. The highest BCUT2D eigenvalue weighted by atomic mass is 16.5. The van der Waals surface area contributed by atoms with Crippen molar-refractivity contribution in [1.82, 2.24) is 19.6 Å². The van der Waals surface area contributed by atoms with Crippen molar-refractivity contribution in [3.05, 3.63) is 35.7 Å². The number of imidazole rings is 1. The van der Waals surface area contributed by atoms with E-state index in [1.165, 1.54) is 21.1 Å². The highest BCUT2D eigenvalue weighted by Gasteiger charge is 2.19. The molecule has 9 nitrogen and oxygen atoms in total. The number of hydrogen-bond donors (Lipinski definition) is 1. The van der Waals surface area contributed by atoms with Gasteiger partial charge in [0.1, 0.15) is 5.56 Å². The van der Waals surface area contributed by atoms with Gasteiger partial charge < -0.3 is 14.8 Å². The predicted molar refractivity (Wildman–Crippen MR) is 93.2 cm³/mol. The van der Waals surface area contributed by atoms with Crippen molar-refractivity contribution >= 4 is 23.3 Å². The molecule has 0 aliphatic rings. The third-order valence-corrected chi connectivity index (χ3v) is 3.68. The third kappa shape index (κ3) is 3.18. The molecule has 134 valence electrons. The quantitative estimate of drug-likeness (QED) is 0.712. The molecule has 1 N–H and O–H groups in total. The van der Waals surface area contributed by atoms with Gasteiger partial charge in [0.05, 0.1) is 31.8 Å². The van der Waals surface area contributed by atoms with Crippen LogP contribution in [0.4, 0.5) is 5.82 Å². The summed E-state index contributed by atoms with van der Waals surface area (Å²) < 4.78 is 11.5. The van der Waals surface area contributed by atoms with Crippen molar-refractivity contribution in [1.29, 1.82) is 0 Å². The number of amides is 1. The summed E-state index contributed by atoms with van der Waals surface area (Å²) in [6.07, 6.45) is 1.60. The van der Waals surface area contributed by atoms with Crippen molar-refractivity contribution in [3.8, 4) is 17.1 Å². The summed E-state index contributed by atoms with van der Waals surface area (Å²) in [5, 5.41) is 7.10. The minimum absolute atomic E-state index is 0.190. The first-order valence-corrected chi connectivity index (χ1v) is 7.71. The molecule has 0 unspecified atom stereocenters. The van der Waals surface area contributed by atoms with E-state index in [0.717, 1.165) is 0 Å². The lowest BCUT2D eigenvalue weighted by Crippen LogP contribution is -2.08. The molecule has 0 aromatic carbocycles. The van der Waals surface area contributed by atoms with Gasteiger partial charge in [-0.05, 0) is 25.1 Å². The number of ether oxygens (including phenoxy) is 2. The number of pyridine rings is 1. The fourth-order valence-electron chi connectivity index (χ4n) is 2.52. The first-order valence-electron chi connectivity index (χ1n) is 7.71. The number of fused-ring (bicyclic) bond motifs is 1. The van der Waals surface area contributed by atoms with Crippen LogP contribution in [0.25, 0.3) is 16.9 Å². The van der Waals surface area contributed by atoms with Crippen LogP contribution in [0.5, 0.6) is 5.88 Å². The number of rotatable bonds is 4. The van der Waals surface area contributed by atoms with E-state index in [4.69, 9.17) is 9.47 Å². The Hall–Kier alpha value is -3.49. The second kappa shape index (κ2) is 6.79. The minimum atomic E-state index is -0.549. The fourth-order valence-corrected chi connectivity index (χ4v) is 2.52. The van der Waals surface area contributed by atoms with Gasteiger partial charge in [-0.2, -0.15) is 5.10 Å². The SMILES string of the molecule is COC(=O)c1cc(-c2ccc3nc(NC(C)=O)cn3n2)c(C)nc1OC. The topological polar surface area (TPSA) is 108 Å². The summed E-state index contributed by atoms with van der Waals surface area (Å²) in [6.45, 7) is 3.20. The number of carbonyl (C=O) groups is 2. The van der Waals surface area contributed by atoms with Crippen molar-refractivity contribution in [3.63, 3.8) is 0 Å². The van der Waals surface area contributed by atoms with E-state index in [9.17, 15) is 9.59 Å². The molecule has 0 aliphatic heterocycles. The minimum Gasteiger partial charge on any atom is -0.480 e. The van der Waals surface area contributed by atoms with Crippen molar-refractivity contribution in [2.24, 2.45) is 0 Å². The number of methoxy groups -OCH3 is 2. The Morgan fingerprint density at radius 1 is 1.19 bits per heavy atom. The van der Waals surface area contributed by atoms with Gasteiger partial charge in [-0.1, -0.05) is 0 Å². The molecular formula is C17H17N5O4. The molecule has 0 bridgehead atoms. The molecule has 0 fully saturated rings. The molecule has 0 saturated carbocycles. The number of aromatic nitrogens is 4. The van der Waals surface area contributed by atoms with Gasteiger partial charge in [-0.25, -0.2) is 19.3 Å². The predicted octanol–water partition coefficient (Wildman–Crippen LogP) is 1.85. The van der Waals surface area contributed by atoms with E-state index < -0.39 is 5.97 Å². The maximum atomic E-state index is 12.0. The smallest absolute Gasteiger partial charge is 0.343 e. The Morgan fingerprint density at radius 2 is 1.96 bits per heavy atom. The third-order valence-electron chi connectivity index (χ3n) is 3.68. The molecule has 1 amide bonds. The second-order valence-corrected chi connectivity index (χ2v) is 5.50. The zero-order valence-electron chi connectivity index (χ0n) is 14.7. The van der Waals surface area contributed by atoms with E-state index in [2.05, 4.69) is 20.4 Å². The molecule has 9 heteroatoms. The second-order valence-electron chi connectivity index (χ2n) is 5.50. The van der Waals surface area contributed by atoms with E-state index in [1.807, 2.05) is 0 Å². The number of esters is 1. The first kappa shape index (κ1) is 17.3. The number of nitrogens with one attached hydrogen (secondary N) is 1. The van der Waals surface area contributed by atoms with Crippen molar-refractivity contribution < 1.29 is 19.1 Å². The Bertz CT molecular complexity index is 1010. The Balaban J connectivity index is 2.10. The summed E-state index contributed by atoms with van der Waals surface area (Å²) in [4.78, 5) is 31.7. The lowest BCUT2D eigenvalue weighted by atomic mass is 10.1. The van der Waals surface area contributed by atoms with Crippen LogP contribution >= 0.6 is 0 Å². The molecule has 0 aliphatic carbocycles. The van der Waals surface area contributed by atoms with Crippen molar-refractivity contribution in [2.45, 2.75) is 13.8 Å². The number of anilines is 1. The lowest BCUT2D eigenvalue weighted by molar-refractivity contribution is -0.114. The Kier molecular flexibility index (Phi) is 4.53. The molecule has 26 heavy (non-hydrogen) atoms. The standard InChI is InChI=1S/C17H17N5O4/c1-9-11(7-12(17(24)26-4)16(18-9)25-3)13-5-6-15-20-14(19-10(2)23)8-22(15)21-13/h5-8H,1-4H3,(H,19,23). The fraction of sp³-hybridized carbons (Fsp3) is 0.235. The van der Waals surface area contributed by atoms with E-state index in [-0.39, 0.29) is 17.4 Å². The van der Waals surface area contributed by atoms with Crippen LogP contribution in [0.1, 0.15) is 23.0 Å². The molecule has 0 saturated heterocycles. The van der Waals surface area contributed by atoms with Gasteiger partial charge in [-0.15, -0.1) is 0 Å². The number of aryl methyl sites for hydroxylation is 1.